The molecule has 0 atom stereocenters. The number of nitrogens with zero attached hydrogens (tertiary/aromatic N) is 3. The predicted octanol–water partition coefficient (Wildman–Crippen LogP) is 11.1. The lowest BCUT2D eigenvalue weighted by Crippen LogP contribution is -2.11. The second kappa shape index (κ2) is 11.2. The topological polar surface area (TPSA) is 50.9 Å². The van der Waals surface area contributed by atoms with Crippen LogP contribution in [0.1, 0.15) is 56.8 Å². The molecule has 1 N–H and O–H groups in total. The summed E-state index contributed by atoms with van der Waals surface area (Å²) in [4.78, 5) is 9.88. The highest BCUT2D eigenvalue weighted by molar-refractivity contribution is 5.99. The maximum Gasteiger partial charge on any atom is 0.144 e. The average molecular weight is 619 g/mol. The first-order chi connectivity index (χ1) is 23.6. The second-order valence-corrected chi connectivity index (χ2v) is 14.4. The van der Waals surface area contributed by atoms with Crippen molar-refractivity contribution in [2.45, 2.75) is 52.4 Å². The Bertz CT molecular complexity index is 2390. The molecule has 5 aromatic carbocycles. The molecule has 234 valence electrons. The minimum atomic E-state index is -2.55. The highest BCUT2D eigenvalue weighted by Gasteiger charge is 2.22. The van der Waals surface area contributed by atoms with Crippen molar-refractivity contribution in [3.63, 3.8) is 0 Å². The Balaban J connectivity index is 1.54. The van der Waals surface area contributed by atoms with Crippen molar-refractivity contribution in [1.29, 1.82) is 0 Å². The number of rotatable bonds is 4. The molecular formula is C43H41N3O. The van der Waals surface area contributed by atoms with E-state index in [0.717, 1.165) is 49.8 Å². The summed E-state index contributed by atoms with van der Waals surface area (Å²) < 4.78 is 27.1. The summed E-state index contributed by atoms with van der Waals surface area (Å²) in [5, 5.41) is 12.2. The van der Waals surface area contributed by atoms with Gasteiger partial charge in [-0.2, -0.15) is 0 Å². The van der Waals surface area contributed by atoms with Crippen LogP contribution < -0.4 is 0 Å². The molecule has 47 heavy (non-hydrogen) atoms. The van der Waals surface area contributed by atoms with Gasteiger partial charge in [-0.15, -0.1) is 0 Å². The summed E-state index contributed by atoms with van der Waals surface area (Å²) in [6, 6.07) is 36.3. The largest absolute Gasteiger partial charge is 0.507 e. The fourth-order valence-corrected chi connectivity index (χ4v) is 6.28. The van der Waals surface area contributed by atoms with Crippen LogP contribution in [0.15, 0.2) is 115 Å². The number of imidazole rings is 1. The predicted molar refractivity (Wildman–Crippen MR) is 197 cm³/mol. The van der Waals surface area contributed by atoms with E-state index in [1.807, 2.05) is 54.7 Å². The van der Waals surface area contributed by atoms with Gasteiger partial charge in [0.1, 0.15) is 11.6 Å². The van der Waals surface area contributed by atoms with Crippen LogP contribution in [0.2, 0.25) is 0 Å². The highest BCUT2D eigenvalue weighted by atomic mass is 16.3. The van der Waals surface area contributed by atoms with Crippen molar-refractivity contribution in [3.8, 4) is 50.5 Å². The third kappa shape index (κ3) is 5.59. The van der Waals surface area contributed by atoms with E-state index in [1.54, 1.807) is 12.1 Å². The van der Waals surface area contributed by atoms with E-state index in [9.17, 15) is 5.11 Å². The molecule has 4 heteroatoms. The Morgan fingerprint density at radius 2 is 1.30 bits per heavy atom. The zero-order valence-electron chi connectivity index (χ0n) is 30.8. The molecular weight excluding hydrogens is 574 g/mol. The van der Waals surface area contributed by atoms with Crippen molar-refractivity contribution in [3.05, 3.63) is 127 Å². The Kier molecular flexibility index (Phi) is 6.44. The van der Waals surface area contributed by atoms with Gasteiger partial charge in [0.15, 0.2) is 0 Å². The van der Waals surface area contributed by atoms with Crippen LogP contribution in [-0.4, -0.2) is 19.6 Å². The maximum atomic E-state index is 11.1. The van der Waals surface area contributed by atoms with Gasteiger partial charge >= 0.3 is 0 Å². The summed E-state index contributed by atoms with van der Waals surface area (Å²) in [6.45, 7) is 10.4. The normalized spacial score (nSPS) is 13.4. The number of phenolic OH excluding ortho intramolecular Hbond substituents is 1. The van der Waals surface area contributed by atoms with Gasteiger partial charge in [-0.05, 0) is 98.8 Å². The van der Waals surface area contributed by atoms with Crippen molar-refractivity contribution in [2.24, 2.45) is 6.98 Å². The molecule has 7 aromatic rings. The SMILES string of the molecule is [2H]C([2H])([2H])n1c(-c2cc(C(C)(C)C)ccc2O)nc2c(-c3cc(-c4ccccc4)cc(-c4cc(C(C)(C)C)cc5cccnc45)c3)cccc21. The van der Waals surface area contributed by atoms with E-state index < -0.39 is 6.98 Å². The summed E-state index contributed by atoms with van der Waals surface area (Å²) in [6.07, 6.45) is 1.83. The zero-order valence-corrected chi connectivity index (χ0v) is 27.8. The molecule has 0 aliphatic carbocycles. The lowest BCUT2D eigenvalue weighted by molar-refractivity contribution is 0.475. The van der Waals surface area contributed by atoms with Gasteiger partial charge in [0, 0.05) is 33.8 Å². The molecule has 0 fully saturated rings. The molecule has 0 unspecified atom stereocenters. The molecule has 0 saturated heterocycles. The van der Waals surface area contributed by atoms with E-state index in [-0.39, 0.29) is 22.4 Å². The molecule has 7 rings (SSSR count). The van der Waals surface area contributed by atoms with Gasteiger partial charge < -0.3 is 9.67 Å². The zero-order chi connectivity index (χ0) is 35.6. The van der Waals surface area contributed by atoms with Crippen LogP contribution in [0, 0.1) is 0 Å². The van der Waals surface area contributed by atoms with Crippen LogP contribution in [0.4, 0.5) is 0 Å². The molecule has 4 nitrogen and oxygen atoms in total. The Hall–Kier alpha value is -5.22. The Labute approximate surface area is 281 Å². The molecule has 0 amide bonds. The quantitative estimate of drug-likeness (QED) is 0.213. The minimum absolute atomic E-state index is 0.0215. The summed E-state index contributed by atoms with van der Waals surface area (Å²) >= 11 is 0. The van der Waals surface area contributed by atoms with Gasteiger partial charge in [-0.1, -0.05) is 96.1 Å². The summed E-state index contributed by atoms with van der Waals surface area (Å²) in [7, 11) is 0. The number of aromatic hydroxyl groups is 1. The monoisotopic (exact) mass is 618 g/mol. The van der Waals surface area contributed by atoms with Crippen molar-refractivity contribution < 1.29 is 9.22 Å². The van der Waals surface area contributed by atoms with Crippen LogP contribution in [0.25, 0.3) is 66.7 Å². The van der Waals surface area contributed by atoms with Gasteiger partial charge in [-0.3, -0.25) is 4.98 Å². The first-order valence-electron chi connectivity index (χ1n) is 17.6. The maximum absolute atomic E-state index is 11.1. The molecule has 0 bridgehead atoms. The fraction of sp³-hybridized carbons (Fsp3) is 0.209. The number of benzene rings is 5. The number of aryl methyl sites for hydroxylation is 1. The first-order valence-corrected chi connectivity index (χ1v) is 16.1. The van der Waals surface area contributed by atoms with E-state index in [1.165, 1.54) is 10.1 Å². The van der Waals surface area contributed by atoms with Crippen molar-refractivity contribution >= 4 is 21.9 Å². The van der Waals surface area contributed by atoms with E-state index in [0.29, 0.717) is 16.6 Å². The number of para-hydroxylation sites is 1. The number of aromatic nitrogens is 3. The standard InChI is InChI=1S/C43H41N3O/c1-42(2,3)32-18-19-38(47)36(25-32)41-45-40-34(16-11-17-37(40)46(41)7)30-21-29(27-13-9-8-10-14-27)22-31(23-30)35-26-33(43(4,5)6)24-28-15-12-20-44-39(28)35/h8-26,47H,1-7H3/i7D3. The molecule has 0 radical (unpaired) electrons. The third-order valence-electron chi connectivity index (χ3n) is 9.02. The number of hydrogen-bond donors (Lipinski definition) is 1. The van der Waals surface area contributed by atoms with Gasteiger partial charge in [0.25, 0.3) is 0 Å². The van der Waals surface area contributed by atoms with E-state index in [2.05, 4.69) is 90.1 Å². The molecule has 0 spiro atoms. The van der Waals surface area contributed by atoms with E-state index in [4.69, 9.17) is 14.1 Å². The minimum Gasteiger partial charge on any atom is -0.507 e. The number of fused-ring (bicyclic) bond motifs is 2. The van der Waals surface area contributed by atoms with Gasteiger partial charge in [-0.25, -0.2) is 4.98 Å². The van der Waals surface area contributed by atoms with E-state index >= 15 is 0 Å². The average Bonchev–Trinajstić information content (AvgIpc) is 3.48. The molecule has 0 aliphatic rings. The number of phenols is 1. The second-order valence-electron chi connectivity index (χ2n) is 14.4. The fourth-order valence-electron chi connectivity index (χ4n) is 6.28. The summed E-state index contributed by atoms with van der Waals surface area (Å²) in [5.74, 6) is 0.176. The molecule has 2 aromatic heterocycles. The van der Waals surface area contributed by atoms with Crippen LogP contribution in [0.3, 0.4) is 0 Å². The lowest BCUT2D eigenvalue weighted by atomic mass is 9.83. The molecule has 0 aliphatic heterocycles. The van der Waals surface area contributed by atoms with Gasteiger partial charge in [0.2, 0.25) is 0 Å². The lowest BCUT2D eigenvalue weighted by Gasteiger charge is -2.22. The van der Waals surface area contributed by atoms with Crippen LogP contribution >= 0.6 is 0 Å². The Morgan fingerprint density at radius 1 is 0.596 bits per heavy atom. The third-order valence-corrected chi connectivity index (χ3v) is 9.02. The molecule has 0 saturated carbocycles. The van der Waals surface area contributed by atoms with Crippen LogP contribution in [0.5, 0.6) is 5.75 Å². The highest BCUT2D eigenvalue weighted by Crippen LogP contribution is 2.41. The number of pyridine rings is 1. The smallest absolute Gasteiger partial charge is 0.144 e. The Morgan fingerprint density at radius 3 is 2.02 bits per heavy atom. The van der Waals surface area contributed by atoms with Crippen molar-refractivity contribution in [1.82, 2.24) is 14.5 Å². The van der Waals surface area contributed by atoms with Crippen molar-refractivity contribution in [2.75, 3.05) is 0 Å². The van der Waals surface area contributed by atoms with Crippen LogP contribution in [-0.2, 0) is 17.8 Å². The van der Waals surface area contributed by atoms with Gasteiger partial charge in [0.05, 0.1) is 22.1 Å². The summed E-state index contributed by atoms with van der Waals surface area (Å²) in [5.41, 5.74) is 9.96. The first kappa shape index (κ1) is 26.9. The number of hydrogen-bond acceptors (Lipinski definition) is 3. The molecule has 2 heterocycles.